The second-order valence-electron chi connectivity index (χ2n) is 4.28. The fourth-order valence-electron chi connectivity index (χ4n) is 2.03. The smallest absolute Gasteiger partial charge is 0.255 e. The molecule has 1 fully saturated rings. The Labute approximate surface area is 108 Å². The highest BCUT2D eigenvalue weighted by Gasteiger charge is 2.23. The van der Waals surface area contributed by atoms with Crippen LogP contribution in [0.1, 0.15) is 23.2 Å². The van der Waals surface area contributed by atoms with E-state index in [1.165, 1.54) is 12.1 Å². The van der Waals surface area contributed by atoms with E-state index in [1.54, 1.807) is 11.0 Å². The van der Waals surface area contributed by atoms with Crippen LogP contribution in [0.5, 0.6) is 0 Å². The molecule has 0 aromatic heterocycles. The van der Waals surface area contributed by atoms with Crippen LogP contribution in [0.15, 0.2) is 22.7 Å². The Bertz CT molecular complexity index is 439. The highest BCUT2D eigenvalue weighted by molar-refractivity contribution is 9.10. The molecule has 1 aromatic rings. The van der Waals surface area contributed by atoms with E-state index in [1.807, 2.05) is 0 Å². The lowest BCUT2D eigenvalue weighted by molar-refractivity contribution is 0.0707. The second-order valence-corrected chi connectivity index (χ2v) is 5.13. The first-order valence-corrected chi connectivity index (χ1v) is 6.37. The van der Waals surface area contributed by atoms with Crippen LogP contribution in [0, 0.1) is 5.82 Å². The minimum atomic E-state index is -0.405. The number of nitrogens with two attached hydrogens (primary N) is 1. The van der Waals surface area contributed by atoms with Crippen LogP contribution in [0.3, 0.4) is 0 Å². The molecule has 3 nitrogen and oxygen atoms in total. The largest absolute Gasteiger partial charge is 0.337 e. The number of piperidine rings is 1. The van der Waals surface area contributed by atoms with Crippen molar-refractivity contribution in [3.8, 4) is 0 Å². The van der Waals surface area contributed by atoms with E-state index in [0.717, 1.165) is 12.8 Å². The maximum Gasteiger partial charge on any atom is 0.255 e. The zero-order chi connectivity index (χ0) is 12.4. The van der Waals surface area contributed by atoms with Crippen molar-refractivity contribution >= 4 is 21.8 Å². The van der Waals surface area contributed by atoms with Crippen LogP contribution in [0.4, 0.5) is 4.39 Å². The molecule has 17 heavy (non-hydrogen) atoms. The van der Waals surface area contributed by atoms with Gasteiger partial charge in [-0.15, -0.1) is 0 Å². The molecule has 0 radical (unpaired) electrons. The maximum atomic E-state index is 13.1. The molecule has 0 saturated carbocycles. The number of likely N-dealkylation sites (tertiary alicyclic amines) is 1. The van der Waals surface area contributed by atoms with Gasteiger partial charge in [0.05, 0.1) is 5.56 Å². The van der Waals surface area contributed by atoms with E-state index in [4.69, 9.17) is 5.73 Å². The van der Waals surface area contributed by atoms with Gasteiger partial charge in [-0.05, 0) is 47.0 Å². The predicted molar refractivity (Wildman–Crippen MR) is 67.2 cm³/mol. The minimum absolute atomic E-state index is 0.0278. The highest BCUT2D eigenvalue weighted by Crippen LogP contribution is 2.21. The van der Waals surface area contributed by atoms with E-state index >= 15 is 0 Å². The lowest BCUT2D eigenvalue weighted by Crippen LogP contribution is -2.45. The van der Waals surface area contributed by atoms with Gasteiger partial charge < -0.3 is 10.6 Å². The standard InChI is InChI=1S/C12H14BrFN2O/c13-11-4-3-8(14)6-10(11)12(17)16-5-1-2-9(15)7-16/h3-4,6,9H,1-2,5,7,15H2/t9-/m0/s1. The van der Waals surface area contributed by atoms with Gasteiger partial charge in [0.1, 0.15) is 5.82 Å². The van der Waals surface area contributed by atoms with Crippen LogP contribution < -0.4 is 5.73 Å². The van der Waals surface area contributed by atoms with Gasteiger partial charge >= 0.3 is 0 Å². The molecule has 2 rings (SSSR count). The lowest BCUT2D eigenvalue weighted by Gasteiger charge is -2.31. The normalized spacial score (nSPS) is 20.4. The average molecular weight is 301 g/mol. The van der Waals surface area contributed by atoms with Crippen LogP contribution in [0.25, 0.3) is 0 Å². The van der Waals surface area contributed by atoms with Gasteiger partial charge in [-0.2, -0.15) is 0 Å². The van der Waals surface area contributed by atoms with Gasteiger partial charge in [0.15, 0.2) is 0 Å². The SMILES string of the molecule is N[C@H]1CCCN(C(=O)c2cc(F)ccc2Br)C1. The summed E-state index contributed by atoms with van der Waals surface area (Å²) in [5, 5.41) is 0. The zero-order valence-corrected chi connectivity index (χ0v) is 10.9. The average Bonchev–Trinajstić information content (AvgIpc) is 2.31. The number of amides is 1. The van der Waals surface area contributed by atoms with Gasteiger partial charge in [0, 0.05) is 23.6 Å². The fourth-order valence-corrected chi connectivity index (χ4v) is 2.44. The summed E-state index contributed by atoms with van der Waals surface area (Å²) in [7, 11) is 0. The van der Waals surface area contributed by atoms with Crippen molar-refractivity contribution in [2.45, 2.75) is 18.9 Å². The molecule has 1 amide bonds. The van der Waals surface area contributed by atoms with Gasteiger partial charge in [-0.25, -0.2) is 4.39 Å². The molecule has 0 aliphatic carbocycles. The Balaban J connectivity index is 2.21. The van der Waals surface area contributed by atoms with Crippen molar-refractivity contribution in [2.24, 2.45) is 5.73 Å². The molecule has 0 unspecified atom stereocenters. The Kier molecular flexibility index (Phi) is 3.79. The maximum absolute atomic E-state index is 13.1. The summed E-state index contributed by atoms with van der Waals surface area (Å²) in [4.78, 5) is 13.9. The number of carbonyl (C=O) groups excluding carboxylic acids is 1. The molecule has 0 bridgehead atoms. The van der Waals surface area contributed by atoms with E-state index < -0.39 is 5.82 Å². The molecular weight excluding hydrogens is 287 g/mol. The van der Waals surface area contributed by atoms with Crippen LogP contribution in [-0.4, -0.2) is 29.9 Å². The van der Waals surface area contributed by atoms with Crippen LogP contribution in [0.2, 0.25) is 0 Å². The predicted octanol–water partition coefficient (Wildman–Crippen LogP) is 2.15. The summed E-state index contributed by atoms with van der Waals surface area (Å²) >= 11 is 3.27. The Morgan fingerprint density at radius 2 is 2.29 bits per heavy atom. The molecule has 5 heteroatoms. The van der Waals surface area contributed by atoms with Crippen LogP contribution >= 0.6 is 15.9 Å². The second kappa shape index (κ2) is 5.14. The summed E-state index contributed by atoms with van der Waals surface area (Å²) in [6, 6.07) is 4.15. The van der Waals surface area contributed by atoms with Gasteiger partial charge in [0.2, 0.25) is 0 Å². The van der Waals surface area contributed by atoms with Crippen molar-refractivity contribution < 1.29 is 9.18 Å². The first-order valence-electron chi connectivity index (χ1n) is 5.58. The molecular formula is C12H14BrFN2O. The summed E-state index contributed by atoms with van der Waals surface area (Å²) in [6.07, 6.45) is 1.84. The van der Waals surface area contributed by atoms with Crippen molar-refractivity contribution in [2.75, 3.05) is 13.1 Å². The number of hydrogen-bond acceptors (Lipinski definition) is 2. The van der Waals surface area contributed by atoms with E-state index in [0.29, 0.717) is 23.1 Å². The first kappa shape index (κ1) is 12.5. The molecule has 1 saturated heterocycles. The fraction of sp³-hybridized carbons (Fsp3) is 0.417. The van der Waals surface area contributed by atoms with Gasteiger partial charge in [-0.1, -0.05) is 0 Å². The van der Waals surface area contributed by atoms with Gasteiger partial charge in [0.25, 0.3) is 5.91 Å². The molecule has 1 aromatic carbocycles. The number of carbonyl (C=O) groups is 1. The number of hydrogen-bond donors (Lipinski definition) is 1. The first-order chi connectivity index (χ1) is 8.08. The van der Waals surface area contributed by atoms with Crippen molar-refractivity contribution in [1.29, 1.82) is 0 Å². The summed E-state index contributed by atoms with van der Waals surface area (Å²) in [5.74, 6) is -0.565. The van der Waals surface area contributed by atoms with E-state index in [2.05, 4.69) is 15.9 Å². The Morgan fingerprint density at radius 1 is 1.53 bits per heavy atom. The molecule has 1 aliphatic rings. The Hall–Kier alpha value is -0.940. The molecule has 1 aliphatic heterocycles. The molecule has 1 heterocycles. The third kappa shape index (κ3) is 2.84. The molecule has 2 N–H and O–H groups in total. The number of benzene rings is 1. The molecule has 1 atom stereocenters. The van der Waals surface area contributed by atoms with Crippen molar-refractivity contribution in [3.63, 3.8) is 0 Å². The summed E-state index contributed by atoms with van der Waals surface area (Å²) in [5.41, 5.74) is 6.19. The quantitative estimate of drug-likeness (QED) is 0.864. The summed E-state index contributed by atoms with van der Waals surface area (Å²) < 4.78 is 13.7. The summed E-state index contributed by atoms with van der Waals surface area (Å²) in [6.45, 7) is 1.23. The van der Waals surface area contributed by atoms with Gasteiger partial charge in [-0.3, -0.25) is 4.79 Å². The number of rotatable bonds is 1. The highest BCUT2D eigenvalue weighted by atomic mass is 79.9. The monoisotopic (exact) mass is 300 g/mol. The van der Waals surface area contributed by atoms with E-state index in [-0.39, 0.29) is 11.9 Å². The van der Waals surface area contributed by atoms with E-state index in [9.17, 15) is 9.18 Å². The van der Waals surface area contributed by atoms with Crippen LogP contribution in [-0.2, 0) is 0 Å². The lowest BCUT2D eigenvalue weighted by atomic mass is 10.1. The molecule has 92 valence electrons. The molecule has 0 spiro atoms. The third-order valence-electron chi connectivity index (χ3n) is 2.90. The Morgan fingerprint density at radius 3 is 3.00 bits per heavy atom. The minimum Gasteiger partial charge on any atom is -0.337 e. The zero-order valence-electron chi connectivity index (χ0n) is 9.33. The van der Waals surface area contributed by atoms with Crippen molar-refractivity contribution in [3.05, 3.63) is 34.1 Å². The topological polar surface area (TPSA) is 46.3 Å². The number of nitrogens with zero attached hydrogens (tertiary/aromatic N) is 1. The van der Waals surface area contributed by atoms with Crippen molar-refractivity contribution in [1.82, 2.24) is 4.90 Å². The third-order valence-corrected chi connectivity index (χ3v) is 3.60. The number of halogens is 2.